The van der Waals surface area contributed by atoms with Crippen LogP contribution in [-0.2, 0) is 30.3 Å². The van der Waals surface area contributed by atoms with Crippen LogP contribution in [0.1, 0.15) is 39.2 Å². The van der Waals surface area contributed by atoms with Gasteiger partial charge in [-0.3, -0.25) is 4.18 Å². The average Bonchev–Trinajstić information content (AvgIpc) is 2.79. The molecule has 0 unspecified atom stereocenters. The second-order valence-corrected chi connectivity index (χ2v) is 10.4. The molecule has 0 fully saturated rings. The van der Waals surface area contributed by atoms with Crippen LogP contribution in [0.4, 0.5) is 0 Å². The molecule has 0 heterocycles. The van der Waals surface area contributed by atoms with Gasteiger partial charge in [-0.15, -0.1) is 0 Å². The molecule has 0 aromatic heterocycles. The number of esters is 1. The van der Waals surface area contributed by atoms with Gasteiger partial charge in [0, 0.05) is 6.07 Å². The van der Waals surface area contributed by atoms with Crippen LogP contribution >= 0.6 is 0 Å². The highest BCUT2D eigenvalue weighted by Gasteiger charge is 2.31. The summed E-state index contributed by atoms with van der Waals surface area (Å²) in [5, 5.41) is 0. The van der Waals surface area contributed by atoms with Gasteiger partial charge in [-0.2, -0.15) is 8.42 Å². The molecule has 1 atom stereocenters. The molecule has 34 heavy (non-hydrogen) atoms. The fraction of sp³-hybridized carbons (Fsp3) is 0.296. The van der Waals surface area contributed by atoms with Crippen molar-refractivity contribution in [2.75, 3.05) is 0 Å². The van der Waals surface area contributed by atoms with Crippen LogP contribution in [0, 0.1) is 0 Å². The first kappa shape index (κ1) is 25.5. The summed E-state index contributed by atoms with van der Waals surface area (Å²) in [6, 6.07) is 24.8. The van der Waals surface area contributed by atoms with Gasteiger partial charge in [0.05, 0.1) is 4.90 Å². The van der Waals surface area contributed by atoms with E-state index < -0.39 is 27.8 Å². The smallest absolute Gasteiger partial charge is 0.337 e. The molecule has 0 radical (unpaired) electrons. The summed E-state index contributed by atoms with van der Waals surface area (Å²) in [5.74, 6) is 0.208. The molecule has 0 aliphatic carbocycles. The van der Waals surface area contributed by atoms with Crippen molar-refractivity contribution in [3.63, 3.8) is 0 Å². The Kier molecular flexibility index (Phi) is 8.47. The highest BCUT2D eigenvalue weighted by Crippen LogP contribution is 2.26. The van der Waals surface area contributed by atoms with E-state index in [4.69, 9.17) is 13.7 Å². The van der Waals surface area contributed by atoms with Crippen LogP contribution in [-0.4, -0.2) is 26.1 Å². The fourth-order valence-electron chi connectivity index (χ4n) is 3.24. The Labute approximate surface area is 201 Å². The van der Waals surface area contributed by atoms with Crippen LogP contribution < -0.4 is 4.74 Å². The predicted molar refractivity (Wildman–Crippen MR) is 130 cm³/mol. The third-order valence-electron chi connectivity index (χ3n) is 4.76. The van der Waals surface area contributed by atoms with E-state index >= 15 is 0 Å². The lowest BCUT2D eigenvalue weighted by atomic mass is 10.1. The minimum Gasteiger partial charge on any atom is -0.458 e. The number of carbonyl (C=O) groups excluding carboxylic acids is 1. The van der Waals surface area contributed by atoms with Gasteiger partial charge >= 0.3 is 5.97 Å². The van der Waals surface area contributed by atoms with Crippen molar-refractivity contribution in [2.45, 2.75) is 56.6 Å². The molecular formula is C27H30O6S. The minimum atomic E-state index is -4.25. The molecule has 7 heteroatoms. The molecule has 0 spiro atoms. The van der Waals surface area contributed by atoms with Crippen LogP contribution in [0.2, 0.25) is 0 Å². The molecular weight excluding hydrogens is 452 g/mol. The number of aryl methyl sites for hydroxylation is 1. The molecule has 0 N–H and O–H groups in total. The van der Waals surface area contributed by atoms with E-state index in [0.29, 0.717) is 24.3 Å². The summed E-state index contributed by atoms with van der Waals surface area (Å²) in [4.78, 5) is 12.7. The van der Waals surface area contributed by atoms with Crippen molar-refractivity contribution in [3.05, 3.63) is 90.5 Å². The maximum Gasteiger partial charge on any atom is 0.337 e. The molecule has 0 bridgehead atoms. The second-order valence-electron chi connectivity index (χ2n) is 8.84. The standard InChI is InChI=1S/C27H30O6S/c1-27(2,3)32-26(28)25(19-10-14-21-12-6-4-7-13-21)33-34(29,30)24-18-11-17-23(20-24)31-22-15-8-5-9-16-22/h4-9,11-13,15-18,20,25H,10,14,19H2,1-3H3/t25-/m1/s1. The summed E-state index contributed by atoms with van der Waals surface area (Å²) < 4.78 is 42.7. The first-order chi connectivity index (χ1) is 16.1. The normalized spacial score (nSPS) is 12.7. The first-order valence-corrected chi connectivity index (χ1v) is 12.6. The Morgan fingerprint density at radius 2 is 1.47 bits per heavy atom. The van der Waals surface area contributed by atoms with Crippen molar-refractivity contribution < 1.29 is 26.9 Å². The van der Waals surface area contributed by atoms with E-state index in [1.165, 1.54) is 12.1 Å². The summed E-state index contributed by atoms with van der Waals surface area (Å²) in [6.45, 7) is 5.18. The van der Waals surface area contributed by atoms with Gasteiger partial charge in [-0.25, -0.2) is 4.79 Å². The third-order valence-corrected chi connectivity index (χ3v) is 6.08. The molecule has 0 aliphatic heterocycles. The average molecular weight is 483 g/mol. The van der Waals surface area contributed by atoms with Gasteiger partial charge < -0.3 is 9.47 Å². The van der Waals surface area contributed by atoms with Gasteiger partial charge in [-0.1, -0.05) is 54.6 Å². The van der Waals surface area contributed by atoms with E-state index in [0.717, 1.165) is 5.56 Å². The molecule has 6 nitrogen and oxygen atoms in total. The van der Waals surface area contributed by atoms with E-state index in [-0.39, 0.29) is 11.3 Å². The maximum absolute atomic E-state index is 13.1. The second kappa shape index (κ2) is 11.3. The number of hydrogen-bond acceptors (Lipinski definition) is 6. The summed E-state index contributed by atoms with van der Waals surface area (Å²) in [6.07, 6.45) is 0.181. The quantitative estimate of drug-likeness (QED) is 0.264. The van der Waals surface area contributed by atoms with Crippen LogP contribution in [0.5, 0.6) is 11.5 Å². The SMILES string of the molecule is CC(C)(C)OC(=O)[C@@H](CCCc1ccccc1)OS(=O)(=O)c1cccc(Oc2ccccc2)c1. The van der Waals surface area contributed by atoms with E-state index in [2.05, 4.69) is 0 Å². The van der Waals surface area contributed by atoms with Gasteiger partial charge in [0.2, 0.25) is 0 Å². The molecule has 3 rings (SSSR count). The topological polar surface area (TPSA) is 78.9 Å². The highest BCUT2D eigenvalue weighted by atomic mass is 32.2. The van der Waals surface area contributed by atoms with Crippen molar-refractivity contribution in [3.8, 4) is 11.5 Å². The Bertz CT molecular complexity index is 1170. The number of ether oxygens (including phenoxy) is 2. The number of hydrogen-bond donors (Lipinski definition) is 0. The monoisotopic (exact) mass is 482 g/mol. The summed E-state index contributed by atoms with van der Waals surface area (Å²) in [7, 11) is -4.25. The number of benzene rings is 3. The zero-order chi connectivity index (χ0) is 24.6. The lowest BCUT2D eigenvalue weighted by Gasteiger charge is -2.24. The maximum atomic E-state index is 13.1. The minimum absolute atomic E-state index is 0.0995. The number of carbonyl (C=O) groups is 1. The first-order valence-electron chi connectivity index (χ1n) is 11.2. The highest BCUT2D eigenvalue weighted by molar-refractivity contribution is 7.86. The predicted octanol–water partition coefficient (Wildman–Crippen LogP) is 5.92. The lowest BCUT2D eigenvalue weighted by Crippen LogP contribution is -2.35. The van der Waals surface area contributed by atoms with Gasteiger partial charge in [0.25, 0.3) is 10.1 Å². The molecule has 3 aromatic rings. The lowest BCUT2D eigenvalue weighted by molar-refractivity contribution is -0.163. The molecule has 0 aliphatic rings. The van der Waals surface area contributed by atoms with Gasteiger partial charge in [0.1, 0.15) is 17.1 Å². The van der Waals surface area contributed by atoms with Gasteiger partial charge in [-0.05, 0) is 69.9 Å². The molecule has 0 saturated heterocycles. The largest absolute Gasteiger partial charge is 0.458 e. The molecule has 0 saturated carbocycles. The molecule has 180 valence electrons. The fourth-order valence-corrected chi connectivity index (χ4v) is 4.33. The molecule has 0 amide bonds. The van der Waals surface area contributed by atoms with E-state index in [1.807, 2.05) is 48.5 Å². The number of rotatable bonds is 10. The van der Waals surface area contributed by atoms with Crippen LogP contribution in [0.25, 0.3) is 0 Å². The molecule has 3 aromatic carbocycles. The van der Waals surface area contributed by atoms with Crippen molar-refractivity contribution >= 4 is 16.1 Å². The van der Waals surface area contributed by atoms with Crippen molar-refractivity contribution in [1.82, 2.24) is 0 Å². The van der Waals surface area contributed by atoms with E-state index in [1.54, 1.807) is 45.0 Å². The third kappa shape index (κ3) is 8.01. The Balaban J connectivity index is 1.75. The Morgan fingerprint density at radius 3 is 2.12 bits per heavy atom. The zero-order valence-corrected chi connectivity index (χ0v) is 20.5. The zero-order valence-electron chi connectivity index (χ0n) is 19.6. The van der Waals surface area contributed by atoms with Crippen LogP contribution in [0.15, 0.2) is 89.8 Å². The summed E-state index contributed by atoms with van der Waals surface area (Å²) >= 11 is 0. The van der Waals surface area contributed by atoms with E-state index in [9.17, 15) is 13.2 Å². The van der Waals surface area contributed by atoms with Gasteiger partial charge in [0.15, 0.2) is 6.10 Å². The number of para-hydroxylation sites is 1. The van der Waals surface area contributed by atoms with Crippen LogP contribution in [0.3, 0.4) is 0 Å². The Morgan fingerprint density at radius 1 is 0.853 bits per heavy atom. The Hall–Kier alpha value is -3.16. The summed E-state index contributed by atoms with van der Waals surface area (Å²) in [5.41, 5.74) is 0.324. The van der Waals surface area contributed by atoms with Crippen molar-refractivity contribution in [2.24, 2.45) is 0 Å². The van der Waals surface area contributed by atoms with Crippen molar-refractivity contribution in [1.29, 1.82) is 0 Å².